The number of ether oxygens (including phenoxy) is 3. The number of carbonyl (C=O) groups excluding carboxylic acids is 2. The number of benzene rings is 2. The fraction of sp³-hybridized carbons (Fsp3) is 0.125. The molecule has 0 aliphatic carbocycles. The van der Waals surface area contributed by atoms with Gasteiger partial charge >= 0.3 is 11.6 Å². The van der Waals surface area contributed by atoms with Crippen LogP contribution in [0.5, 0.6) is 17.2 Å². The Hall–Kier alpha value is -4.53. The van der Waals surface area contributed by atoms with Crippen LogP contribution in [-0.2, 0) is 11.3 Å². The van der Waals surface area contributed by atoms with Crippen molar-refractivity contribution in [2.24, 2.45) is 0 Å². The summed E-state index contributed by atoms with van der Waals surface area (Å²) in [4.78, 5) is 37.2. The molecule has 5 rings (SSSR count). The summed E-state index contributed by atoms with van der Waals surface area (Å²) in [6.07, 6.45) is 0.547. The highest BCUT2D eigenvalue weighted by atomic mass is 16.6. The minimum atomic E-state index is -0.942. The minimum Gasteiger partial charge on any atom is -0.485 e. The fourth-order valence-electron chi connectivity index (χ4n) is 3.31. The molecule has 0 saturated carbocycles. The first-order chi connectivity index (χ1) is 16.1. The van der Waals surface area contributed by atoms with Crippen molar-refractivity contribution in [3.05, 3.63) is 88.7 Å². The fourth-order valence-corrected chi connectivity index (χ4v) is 3.31. The molecule has 33 heavy (non-hydrogen) atoms. The van der Waals surface area contributed by atoms with Gasteiger partial charge in [0.25, 0.3) is 5.91 Å². The molecule has 1 amide bonds. The third-order valence-corrected chi connectivity index (χ3v) is 4.95. The van der Waals surface area contributed by atoms with Gasteiger partial charge in [-0.3, -0.25) is 4.79 Å². The van der Waals surface area contributed by atoms with Crippen LogP contribution in [0.4, 0.5) is 0 Å². The number of furan rings is 1. The molecule has 9 nitrogen and oxygen atoms in total. The van der Waals surface area contributed by atoms with Crippen LogP contribution in [0.15, 0.2) is 80.6 Å². The van der Waals surface area contributed by atoms with E-state index in [1.807, 2.05) is 0 Å². The standard InChI is InChI=1S/C24H17NO8/c26-22(25-12-16-4-3-9-29-16)17-10-14-7-8-15(11-20(14)33-23(17)27)31-24(28)21-13-30-18-5-1-2-6-19(18)32-21/h1-11,21H,12-13H2,(H,25,26). The van der Waals surface area contributed by atoms with E-state index < -0.39 is 23.6 Å². The van der Waals surface area contributed by atoms with Gasteiger partial charge in [0.1, 0.15) is 29.3 Å². The van der Waals surface area contributed by atoms with Crippen LogP contribution in [0.25, 0.3) is 11.0 Å². The van der Waals surface area contributed by atoms with Crippen molar-refractivity contribution in [2.45, 2.75) is 12.6 Å². The Labute approximate surface area is 186 Å². The lowest BCUT2D eigenvalue weighted by Crippen LogP contribution is -2.39. The number of hydrogen-bond donors (Lipinski definition) is 1. The first-order valence-corrected chi connectivity index (χ1v) is 10.1. The molecule has 3 heterocycles. The Kier molecular flexibility index (Phi) is 5.27. The minimum absolute atomic E-state index is 0.00892. The number of fused-ring (bicyclic) bond motifs is 2. The van der Waals surface area contributed by atoms with Gasteiger partial charge in [-0.25, -0.2) is 9.59 Å². The van der Waals surface area contributed by atoms with E-state index in [2.05, 4.69) is 5.32 Å². The van der Waals surface area contributed by atoms with Crippen LogP contribution >= 0.6 is 0 Å². The summed E-state index contributed by atoms with van der Waals surface area (Å²) in [7, 11) is 0. The van der Waals surface area contributed by atoms with E-state index in [1.165, 1.54) is 24.5 Å². The van der Waals surface area contributed by atoms with Crippen LogP contribution in [0.1, 0.15) is 16.1 Å². The average molecular weight is 447 g/mol. The number of carbonyl (C=O) groups is 2. The Balaban J connectivity index is 1.29. The highest BCUT2D eigenvalue weighted by Gasteiger charge is 2.29. The summed E-state index contributed by atoms with van der Waals surface area (Å²) in [6.45, 7) is 0.143. The molecule has 1 aliphatic heterocycles. The first kappa shape index (κ1) is 20.4. The molecule has 0 fully saturated rings. The quantitative estimate of drug-likeness (QED) is 0.282. The molecule has 1 aliphatic rings. The Morgan fingerprint density at radius 2 is 1.88 bits per heavy atom. The van der Waals surface area contributed by atoms with Gasteiger partial charge in [0.05, 0.1) is 12.8 Å². The third kappa shape index (κ3) is 4.29. The monoisotopic (exact) mass is 447 g/mol. The normalized spacial score (nSPS) is 14.6. The van der Waals surface area contributed by atoms with Crippen molar-refractivity contribution in [3.63, 3.8) is 0 Å². The highest BCUT2D eigenvalue weighted by molar-refractivity contribution is 5.96. The van der Waals surface area contributed by atoms with E-state index in [0.29, 0.717) is 22.6 Å². The lowest BCUT2D eigenvalue weighted by Gasteiger charge is -2.24. The van der Waals surface area contributed by atoms with Gasteiger partial charge in [-0.2, -0.15) is 0 Å². The number of nitrogens with one attached hydrogen (secondary N) is 1. The zero-order valence-corrected chi connectivity index (χ0v) is 17.1. The van der Waals surface area contributed by atoms with Gasteiger partial charge in [-0.05, 0) is 42.5 Å². The third-order valence-electron chi connectivity index (χ3n) is 4.95. The van der Waals surface area contributed by atoms with Crippen molar-refractivity contribution < 1.29 is 32.6 Å². The summed E-state index contributed by atoms with van der Waals surface area (Å²) in [5.74, 6) is 0.474. The van der Waals surface area contributed by atoms with Crippen molar-refractivity contribution in [2.75, 3.05) is 6.61 Å². The van der Waals surface area contributed by atoms with Gasteiger partial charge in [0.2, 0.25) is 6.10 Å². The van der Waals surface area contributed by atoms with Crippen LogP contribution in [0.2, 0.25) is 0 Å². The molecule has 1 N–H and O–H groups in total. The number of esters is 1. The SMILES string of the molecule is O=C(NCc1ccco1)c1cc2ccc(OC(=O)C3COc4ccccc4O3)cc2oc1=O. The molecule has 9 heteroatoms. The van der Waals surface area contributed by atoms with Crippen LogP contribution in [-0.4, -0.2) is 24.6 Å². The van der Waals surface area contributed by atoms with E-state index in [-0.39, 0.29) is 30.0 Å². The van der Waals surface area contributed by atoms with E-state index >= 15 is 0 Å². The van der Waals surface area contributed by atoms with Crippen LogP contribution < -0.4 is 25.2 Å². The van der Waals surface area contributed by atoms with Gasteiger partial charge in [0.15, 0.2) is 11.5 Å². The van der Waals surface area contributed by atoms with Crippen molar-refractivity contribution in [3.8, 4) is 17.2 Å². The molecule has 2 aromatic carbocycles. The molecule has 1 unspecified atom stereocenters. The number of amides is 1. The lowest BCUT2D eigenvalue weighted by molar-refractivity contribution is -0.144. The van der Waals surface area contributed by atoms with Gasteiger partial charge in [0, 0.05) is 11.5 Å². The number of hydrogen-bond acceptors (Lipinski definition) is 8. The molecule has 1 atom stereocenters. The molecule has 0 saturated heterocycles. The van der Waals surface area contributed by atoms with Crippen molar-refractivity contribution in [1.82, 2.24) is 5.32 Å². The second-order valence-corrected chi connectivity index (χ2v) is 7.19. The molecule has 2 aromatic heterocycles. The number of para-hydroxylation sites is 2. The topological polar surface area (TPSA) is 117 Å². The molecule has 166 valence electrons. The molecule has 4 aromatic rings. The maximum absolute atomic E-state index is 12.5. The summed E-state index contributed by atoms with van der Waals surface area (Å²) in [5.41, 5.74) is -0.798. The van der Waals surface area contributed by atoms with Crippen LogP contribution in [0, 0.1) is 0 Å². The maximum Gasteiger partial charge on any atom is 0.356 e. The van der Waals surface area contributed by atoms with Gasteiger partial charge in [-0.15, -0.1) is 0 Å². The van der Waals surface area contributed by atoms with Gasteiger partial charge < -0.3 is 28.4 Å². The maximum atomic E-state index is 12.5. The average Bonchev–Trinajstić information content (AvgIpc) is 3.35. The predicted molar refractivity (Wildman–Crippen MR) is 114 cm³/mol. The van der Waals surface area contributed by atoms with Crippen LogP contribution in [0.3, 0.4) is 0 Å². The van der Waals surface area contributed by atoms with E-state index in [9.17, 15) is 14.4 Å². The summed E-state index contributed by atoms with van der Waals surface area (Å²) in [5, 5.41) is 3.09. The molecular formula is C24H17NO8. The molecule has 0 spiro atoms. The predicted octanol–water partition coefficient (Wildman–Crippen LogP) is 3.06. The highest BCUT2D eigenvalue weighted by Crippen LogP contribution is 2.31. The van der Waals surface area contributed by atoms with Crippen molar-refractivity contribution >= 4 is 22.8 Å². The van der Waals surface area contributed by atoms with Crippen molar-refractivity contribution in [1.29, 1.82) is 0 Å². The van der Waals surface area contributed by atoms with Gasteiger partial charge in [-0.1, -0.05) is 12.1 Å². The van der Waals surface area contributed by atoms with E-state index in [0.717, 1.165) is 0 Å². The summed E-state index contributed by atoms with van der Waals surface area (Å²) in [6, 6.07) is 16.3. The zero-order chi connectivity index (χ0) is 22.8. The Bertz CT molecular complexity index is 1390. The Morgan fingerprint density at radius 3 is 2.70 bits per heavy atom. The first-order valence-electron chi connectivity index (χ1n) is 10.1. The van der Waals surface area contributed by atoms with E-state index in [1.54, 1.807) is 42.5 Å². The van der Waals surface area contributed by atoms with E-state index in [4.69, 9.17) is 23.0 Å². The largest absolute Gasteiger partial charge is 0.485 e. The molecule has 0 bridgehead atoms. The molecule has 0 radical (unpaired) electrons. The second kappa shape index (κ2) is 8.54. The zero-order valence-electron chi connectivity index (χ0n) is 17.1. The summed E-state index contributed by atoms with van der Waals surface area (Å²) < 4.78 is 27.0. The summed E-state index contributed by atoms with van der Waals surface area (Å²) >= 11 is 0. The smallest absolute Gasteiger partial charge is 0.356 e. The number of rotatable bonds is 5. The molecular weight excluding hydrogens is 430 g/mol. The Morgan fingerprint density at radius 1 is 1.03 bits per heavy atom. The second-order valence-electron chi connectivity index (χ2n) is 7.19. The lowest BCUT2D eigenvalue weighted by atomic mass is 10.1.